The molecule has 0 aliphatic carbocycles. The van der Waals surface area contributed by atoms with Crippen molar-refractivity contribution >= 4 is 32.4 Å². The number of rotatable bonds is 6. The van der Waals surface area contributed by atoms with Crippen LogP contribution in [-0.2, 0) is 10.0 Å². The summed E-state index contributed by atoms with van der Waals surface area (Å²) in [5, 5.41) is 7.77. The molecule has 0 radical (unpaired) electrons. The molecule has 2 N–H and O–H groups in total. The molecule has 3 aliphatic heterocycles. The summed E-state index contributed by atoms with van der Waals surface area (Å²) in [5.41, 5.74) is 1.60. The zero-order chi connectivity index (χ0) is 18.3. The zero-order valence-corrected chi connectivity index (χ0v) is 15.7. The van der Waals surface area contributed by atoms with Gasteiger partial charge in [0.15, 0.2) is 5.78 Å². The van der Waals surface area contributed by atoms with Crippen LogP contribution >= 0.6 is 0 Å². The normalized spacial score (nSPS) is 25.5. The average Bonchev–Trinajstić information content (AvgIpc) is 3.06. The third-order valence-electron chi connectivity index (χ3n) is 5.72. The number of piperidine rings is 3. The second kappa shape index (κ2) is 6.66. The fourth-order valence-corrected chi connectivity index (χ4v) is 4.83. The molecule has 3 aliphatic rings. The summed E-state index contributed by atoms with van der Waals surface area (Å²) >= 11 is 0. The van der Waals surface area contributed by atoms with E-state index in [4.69, 9.17) is 0 Å². The first kappa shape index (κ1) is 17.5. The Bertz CT molecular complexity index is 929. The van der Waals surface area contributed by atoms with Gasteiger partial charge in [-0.3, -0.25) is 14.6 Å². The van der Waals surface area contributed by atoms with Gasteiger partial charge in [-0.1, -0.05) is 0 Å². The zero-order valence-electron chi connectivity index (χ0n) is 14.9. The van der Waals surface area contributed by atoms with Crippen molar-refractivity contribution in [2.45, 2.75) is 26.2 Å². The first-order chi connectivity index (χ1) is 12.4. The predicted molar refractivity (Wildman–Crippen MR) is 101 cm³/mol. The molecule has 1 aromatic carbocycles. The number of nitrogens with zero attached hydrogens (tertiary/aromatic N) is 2. The van der Waals surface area contributed by atoms with Crippen molar-refractivity contribution in [3.05, 3.63) is 23.9 Å². The van der Waals surface area contributed by atoms with Gasteiger partial charge in [0.25, 0.3) is 0 Å². The van der Waals surface area contributed by atoms with E-state index in [2.05, 4.69) is 19.8 Å². The van der Waals surface area contributed by atoms with Crippen LogP contribution in [0.25, 0.3) is 10.9 Å². The summed E-state index contributed by atoms with van der Waals surface area (Å²) in [5.74, 6) is 1.08. The van der Waals surface area contributed by atoms with E-state index in [0.717, 1.165) is 25.2 Å². The van der Waals surface area contributed by atoms with Crippen molar-refractivity contribution in [1.29, 1.82) is 0 Å². The van der Waals surface area contributed by atoms with E-state index in [-0.39, 0.29) is 11.5 Å². The summed E-state index contributed by atoms with van der Waals surface area (Å²) in [6, 6.07) is 5.12. The number of H-pyrrole nitrogens is 1. The van der Waals surface area contributed by atoms with Crippen molar-refractivity contribution < 1.29 is 13.2 Å². The quantitative estimate of drug-likeness (QED) is 0.754. The molecule has 3 saturated heterocycles. The number of Topliss-reactive ketones (excluding diaryl/α,β-unsaturated/α-hetero) is 1. The van der Waals surface area contributed by atoms with Crippen LogP contribution in [0.4, 0.5) is 5.69 Å². The van der Waals surface area contributed by atoms with Crippen molar-refractivity contribution in [3.63, 3.8) is 0 Å². The number of aromatic nitrogens is 2. The Morgan fingerprint density at radius 1 is 1.35 bits per heavy atom. The van der Waals surface area contributed by atoms with Crippen LogP contribution in [-0.4, -0.2) is 54.7 Å². The molecular weight excluding hydrogens is 352 g/mol. The van der Waals surface area contributed by atoms with Crippen LogP contribution < -0.4 is 4.72 Å². The second-order valence-corrected chi connectivity index (χ2v) is 9.37. The van der Waals surface area contributed by atoms with Gasteiger partial charge in [0.2, 0.25) is 10.0 Å². The highest BCUT2D eigenvalue weighted by Gasteiger charge is 2.35. The average molecular weight is 376 g/mol. The minimum atomic E-state index is -3.36. The Labute approximate surface area is 153 Å². The van der Waals surface area contributed by atoms with Gasteiger partial charge in [-0.2, -0.15) is 5.10 Å². The Morgan fingerprint density at radius 3 is 2.77 bits per heavy atom. The summed E-state index contributed by atoms with van der Waals surface area (Å²) in [4.78, 5) is 15.3. The van der Waals surface area contributed by atoms with E-state index in [1.165, 1.54) is 12.8 Å². The molecule has 4 heterocycles. The molecule has 0 spiro atoms. The molecule has 140 valence electrons. The lowest BCUT2D eigenvalue weighted by Gasteiger charge is -2.44. The van der Waals surface area contributed by atoms with Gasteiger partial charge in [0.05, 0.1) is 11.3 Å². The van der Waals surface area contributed by atoms with Crippen LogP contribution in [0, 0.1) is 11.8 Å². The van der Waals surface area contributed by atoms with Crippen LogP contribution in [0.3, 0.4) is 0 Å². The number of carbonyl (C=O) groups is 1. The van der Waals surface area contributed by atoms with Gasteiger partial charge >= 0.3 is 0 Å². The van der Waals surface area contributed by atoms with E-state index in [1.807, 2.05) is 0 Å². The third-order valence-corrected chi connectivity index (χ3v) is 7.03. The molecule has 8 heteroatoms. The molecule has 1 atom stereocenters. The van der Waals surface area contributed by atoms with Gasteiger partial charge in [0, 0.05) is 24.0 Å². The van der Waals surface area contributed by atoms with Crippen LogP contribution in [0.5, 0.6) is 0 Å². The van der Waals surface area contributed by atoms with E-state index in [0.29, 0.717) is 35.0 Å². The van der Waals surface area contributed by atoms with Crippen LogP contribution in [0.1, 0.15) is 36.7 Å². The molecule has 1 aromatic heterocycles. The Kier molecular flexibility index (Phi) is 4.48. The fraction of sp³-hybridized carbons (Fsp3) is 0.556. The lowest BCUT2D eigenvalue weighted by molar-refractivity contribution is 0.0440. The van der Waals surface area contributed by atoms with Gasteiger partial charge in [-0.05, 0) is 62.9 Å². The molecule has 2 bridgehead atoms. The Balaban J connectivity index is 1.56. The number of hydrogen-bond donors (Lipinski definition) is 2. The molecule has 3 fully saturated rings. The SMILES string of the molecule is CCS(=O)(=O)Nc1ccc2[nH]nc(C(=O)C[C@H]3CN4CCC3CC4)c2c1. The topological polar surface area (TPSA) is 95.2 Å². The molecule has 7 nitrogen and oxygen atoms in total. The van der Waals surface area contributed by atoms with Gasteiger partial charge in [-0.15, -0.1) is 0 Å². The molecule has 26 heavy (non-hydrogen) atoms. The number of aromatic amines is 1. The molecule has 0 amide bonds. The van der Waals surface area contributed by atoms with Crippen molar-refractivity contribution in [1.82, 2.24) is 15.1 Å². The lowest BCUT2D eigenvalue weighted by atomic mass is 9.76. The molecular formula is C18H24N4O3S. The maximum absolute atomic E-state index is 12.9. The van der Waals surface area contributed by atoms with E-state index < -0.39 is 10.0 Å². The monoisotopic (exact) mass is 376 g/mol. The highest BCUT2D eigenvalue weighted by molar-refractivity contribution is 7.92. The number of sulfonamides is 1. The number of nitrogens with one attached hydrogen (secondary N) is 2. The Hall–Kier alpha value is -1.93. The number of benzene rings is 1. The molecule has 5 rings (SSSR count). The first-order valence-corrected chi connectivity index (χ1v) is 10.8. The van der Waals surface area contributed by atoms with Crippen molar-refractivity contribution in [2.24, 2.45) is 11.8 Å². The summed E-state index contributed by atoms with van der Waals surface area (Å²) < 4.78 is 26.1. The van der Waals surface area contributed by atoms with Crippen LogP contribution in [0.15, 0.2) is 18.2 Å². The largest absolute Gasteiger partial charge is 0.303 e. The third kappa shape index (κ3) is 3.35. The standard InChI is InChI=1S/C18H24N4O3S/c1-2-26(24,25)21-14-3-4-16-15(10-14)18(20-19-16)17(23)9-13-11-22-7-5-12(13)6-8-22/h3-4,10,12-13,21H,2,5-9,11H2,1H3,(H,19,20)/t13-/m0/s1. The summed E-state index contributed by atoms with van der Waals surface area (Å²) in [6.07, 6.45) is 2.87. The van der Waals surface area contributed by atoms with E-state index in [1.54, 1.807) is 25.1 Å². The predicted octanol–water partition coefficient (Wildman–Crippen LogP) is 2.24. The van der Waals surface area contributed by atoms with Crippen molar-refractivity contribution in [2.75, 3.05) is 30.1 Å². The summed E-state index contributed by atoms with van der Waals surface area (Å²) in [6.45, 7) is 4.89. The van der Waals surface area contributed by atoms with Crippen molar-refractivity contribution in [3.8, 4) is 0 Å². The number of ketones is 1. The molecule has 0 saturated carbocycles. The smallest absolute Gasteiger partial charge is 0.232 e. The minimum Gasteiger partial charge on any atom is -0.303 e. The number of hydrogen-bond acceptors (Lipinski definition) is 5. The molecule has 2 aromatic rings. The Morgan fingerprint density at radius 2 is 2.12 bits per heavy atom. The maximum Gasteiger partial charge on any atom is 0.232 e. The fourth-order valence-electron chi connectivity index (χ4n) is 4.20. The number of anilines is 1. The van der Waals surface area contributed by atoms with Gasteiger partial charge in [0.1, 0.15) is 5.69 Å². The molecule has 0 unspecified atom stereocenters. The van der Waals surface area contributed by atoms with Gasteiger partial charge in [-0.25, -0.2) is 8.42 Å². The number of carbonyl (C=O) groups excluding carboxylic acids is 1. The van der Waals surface area contributed by atoms with Gasteiger partial charge < -0.3 is 4.90 Å². The number of fused-ring (bicyclic) bond motifs is 4. The van der Waals surface area contributed by atoms with E-state index >= 15 is 0 Å². The summed E-state index contributed by atoms with van der Waals surface area (Å²) in [7, 11) is -3.36. The lowest BCUT2D eigenvalue weighted by Crippen LogP contribution is -2.47. The van der Waals surface area contributed by atoms with Crippen LogP contribution in [0.2, 0.25) is 0 Å². The maximum atomic E-state index is 12.9. The van der Waals surface area contributed by atoms with E-state index in [9.17, 15) is 13.2 Å². The highest BCUT2D eigenvalue weighted by Crippen LogP contribution is 2.35. The first-order valence-electron chi connectivity index (χ1n) is 9.19. The highest BCUT2D eigenvalue weighted by atomic mass is 32.2. The minimum absolute atomic E-state index is 0.00177. The second-order valence-electron chi connectivity index (χ2n) is 7.36.